The van der Waals surface area contributed by atoms with E-state index in [9.17, 15) is 0 Å². The van der Waals surface area contributed by atoms with Gasteiger partial charge in [0.15, 0.2) is 0 Å². The van der Waals surface area contributed by atoms with Crippen molar-refractivity contribution in [1.29, 1.82) is 0 Å². The second kappa shape index (κ2) is 10.6. The number of furan rings is 2. The highest BCUT2D eigenvalue weighted by Crippen LogP contribution is 2.46. The fourth-order valence-electron chi connectivity index (χ4n) is 7.78. The second-order valence-corrected chi connectivity index (χ2v) is 13.9. The highest BCUT2D eigenvalue weighted by Gasteiger charge is 2.20. The monoisotopic (exact) mass is 657 g/mol. The molecule has 3 nitrogen and oxygen atoms in total. The third kappa shape index (κ3) is 4.03. The Labute approximate surface area is 290 Å². The molecule has 11 aromatic rings. The van der Waals surface area contributed by atoms with Crippen molar-refractivity contribution in [2.45, 2.75) is 0 Å². The normalized spacial score (nSPS) is 12.0. The van der Waals surface area contributed by atoms with Crippen LogP contribution in [0.25, 0.3) is 85.9 Å². The van der Waals surface area contributed by atoms with Crippen molar-refractivity contribution in [1.82, 2.24) is 0 Å². The van der Waals surface area contributed by atoms with E-state index in [4.69, 9.17) is 8.83 Å². The van der Waals surface area contributed by atoms with Gasteiger partial charge in [-0.15, -0.1) is 11.3 Å². The fraction of sp³-hybridized carbons (Fsp3) is 0. The van der Waals surface area contributed by atoms with Crippen molar-refractivity contribution < 1.29 is 8.83 Å². The molecular weight excluding hydrogens is 631 g/mol. The van der Waals surface area contributed by atoms with E-state index in [1.54, 1.807) is 0 Å². The van der Waals surface area contributed by atoms with Gasteiger partial charge in [-0.2, -0.15) is 0 Å². The SMILES string of the molecule is c1ccc(N(c2ccc(-c3cccc4c3oc3ccccc34)cc2)c2ccc3oc4ccc5c(sc6ccc7ccccc7c65)c4c3c2)cc1. The van der Waals surface area contributed by atoms with E-state index in [1.807, 2.05) is 23.5 Å². The second-order valence-electron chi connectivity index (χ2n) is 12.9. The van der Waals surface area contributed by atoms with Gasteiger partial charge in [-0.3, -0.25) is 0 Å². The smallest absolute Gasteiger partial charge is 0.143 e. The maximum absolute atomic E-state index is 6.49. The van der Waals surface area contributed by atoms with Crippen LogP contribution in [0.15, 0.2) is 173 Å². The highest BCUT2D eigenvalue weighted by molar-refractivity contribution is 7.27. The molecule has 4 heteroatoms. The van der Waals surface area contributed by atoms with Crippen LogP contribution in [-0.4, -0.2) is 0 Å². The van der Waals surface area contributed by atoms with Crippen molar-refractivity contribution >= 4 is 103 Å². The molecule has 234 valence electrons. The Morgan fingerprint density at radius 3 is 2.04 bits per heavy atom. The number of hydrogen-bond acceptors (Lipinski definition) is 4. The summed E-state index contributed by atoms with van der Waals surface area (Å²) < 4.78 is 15.4. The van der Waals surface area contributed by atoms with Crippen LogP contribution < -0.4 is 4.90 Å². The van der Waals surface area contributed by atoms with Gasteiger partial charge < -0.3 is 13.7 Å². The van der Waals surface area contributed by atoms with Crippen LogP contribution in [0.2, 0.25) is 0 Å². The number of fused-ring (bicyclic) bond motifs is 12. The first-order valence-electron chi connectivity index (χ1n) is 16.8. The molecular formula is C46H27NO2S. The van der Waals surface area contributed by atoms with E-state index < -0.39 is 0 Å². The number of benzene rings is 8. The molecule has 0 bridgehead atoms. The first-order chi connectivity index (χ1) is 24.8. The zero-order chi connectivity index (χ0) is 32.8. The Morgan fingerprint density at radius 1 is 0.420 bits per heavy atom. The summed E-state index contributed by atoms with van der Waals surface area (Å²) in [7, 11) is 0. The van der Waals surface area contributed by atoms with Crippen molar-refractivity contribution in [2.24, 2.45) is 0 Å². The van der Waals surface area contributed by atoms with Crippen molar-refractivity contribution in [3.05, 3.63) is 164 Å². The molecule has 0 unspecified atom stereocenters. The Hall–Kier alpha value is -6.36. The molecule has 0 fully saturated rings. The molecule has 3 heterocycles. The molecule has 8 aromatic carbocycles. The topological polar surface area (TPSA) is 29.5 Å². The zero-order valence-electron chi connectivity index (χ0n) is 26.8. The summed E-state index contributed by atoms with van der Waals surface area (Å²) in [6.45, 7) is 0. The molecule has 0 aliphatic heterocycles. The quantitative estimate of drug-likeness (QED) is 0.189. The number of hydrogen-bond donors (Lipinski definition) is 0. The van der Waals surface area contributed by atoms with Crippen LogP contribution in [0, 0.1) is 0 Å². The van der Waals surface area contributed by atoms with E-state index in [1.165, 1.54) is 36.3 Å². The Morgan fingerprint density at radius 2 is 1.14 bits per heavy atom. The lowest BCUT2D eigenvalue weighted by Crippen LogP contribution is -2.09. The van der Waals surface area contributed by atoms with E-state index in [2.05, 4.69) is 157 Å². The third-order valence-electron chi connectivity index (χ3n) is 10.1. The largest absolute Gasteiger partial charge is 0.456 e. The summed E-state index contributed by atoms with van der Waals surface area (Å²) in [5.41, 5.74) is 9.06. The van der Waals surface area contributed by atoms with Crippen LogP contribution in [0.1, 0.15) is 0 Å². The summed E-state index contributed by atoms with van der Waals surface area (Å²) in [4.78, 5) is 2.32. The van der Waals surface area contributed by atoms with Gasteiger partial charge in [0.05, 0.1) is 0 Å². The summed E-state index contributed by atoms with van der Waals surface area (Å²) >= 11 is 1.85. The highest BCUT2D eigenvalue weighted by atomic mass is 32.1. The van der Waals surface area contributed by atoms with Gasteiger partial charge >= 0.3 is 0 Å². The van der Waals surface area contributed by atoms with Crippen molar-refractivity contribution in [3.63, 3.8) is 0 Å². The Balaban J connectivity index is 1.08. The predicted octanol–water partition coefficient (Wildman–Crippen LogP) is 14.1. The van der Waals surface area contributed by atoms with E-state index >= 15 is 0 Å². The van der Waals surface area contributed by atoms with Gasteiger partial charge in [0.25, 0.3) is 0 Å². The minimum atomic E-state index is 0.890. The van der Waals surface area contributed by atoms with E-state index in [0.29, 0.717) is 0 Å². The maximum atomic E-state index is 6.49. The number of anilines is 3. The molecule has 0 aliphatic carbocycles. The molecule has 11 rings (SSSR count). The van der Waals surface area contributed by atoms with E-state index in [-0.39, 0.29) is 0 Å². The number of rotatable bonds is 4. The number of para-hydroxylation sites is 3. The molecule has 0 radical (unpaired) electrons. The lowest BCUT2D eigenvalue weighted by atomic mass is 10.0. The summed E-state index contributed by atoms with van der Waals surface area (Å²) in [5, 5.41) is 9.71. The lowest BCUT2D eigenvalue weighted by molar-refractivity contribution is 0.669. The maximum Gasteiger partial charge on any atom is 0.143 e. The van der Waals surface area contributed by atoms with Crippen molar-refractivity contribution in [3.8, 4) is 11.1 Å². The van der Waals surface area contributed by atoms with E-state index in [0.717, 1.165) is 66.7 Å². The van der Waals surface area contributed by atoms with Gasteiger partial charge in [0.2, 0.25) is 0 Å². The fourth-order valence-corrected chi connectivity index (χ4v) is 9.05. The molecule has 0 aliphatic rings. The van der Waals surface area contributed by atoms with Gasteiger partial charge in [-0.25, -0.2) is 0 Å². The molecule has 0 saturated heterocycles. The van der Waals surface area contributed by atoms with Crippen molar-refractivity contribution in [2.75, 3.05) is 4.90 Å². The zero-order valence-corrected chi connectivity index (χ0v) is 27.6. The average molecular weight is 658 g/mol. The molecule has 0 atom stereocenters. The van der Waals surface area contributed by atoms with Gasteiger partial charge in [0, 0.05) is 64.3 Å². The first-order valence-corrected chi connectivity index (χ1v) is 17.7. The standard InChI is InChI=1S/C46H27NO2S/c1-2-10-30(11-3-1)47(31-20-17-29(18-21-31)34-14-8-15-36-35-13-6-7-16-39(35)49-45(34)36)32-22-24-40-38(27-32)44-41(48-40)25-23-37-43-33-12-5-4-9-28(33)19-26-42(43)50-46(37)44/h1-27H. The molecule has 0 spiro atoms. The molecule has 0 amide bonds. The van der Waals surface area contributed by atoms with Gasteiger partial charge in [-0.1, -0.05) is 97.1 Å². The van der Waals surface area contributed by atoms with Crippen LogP contribution in [-0.2, 0) is 0 Å². The summed E-state index contributed by atoms with van der Waals surface area (Å²) in [6.07, 6.45) is 0. The molecule has 3 aromatic heterocycles. The molecule has 50 heavy (non-hydrogen) atoms. The number of nitrogens with zero attached hydrogens (tertiary/aromatic N) is 1. The Bertz CT molecular complexity index is 3090. The minimum Gasteiger partial charge on any atom is -0.456 e. The average Bonchev–Trinajstić information content (AvgIpc) is 3.87. The molecule has 0 N–H and O–H groups in total. The van der Waals surface area contributed by atoms with Crippen LogP contribution in [0.4, 0.5) is 17.1 Å². The predicted molar refractivity (Wildman–Crippen MR) is 212 cm³/mol. The summed E-state index contributed by atoms with van der Waals surface area (Å²) in [6, 6.07) is 58.1. The first kappa shape index (κ1) is 27.6. The third-order valence-corrected chi connectivity index (χ3v) is 11.2. The van der Waals surface area contributed by atoms with Gasteiger partial charge in [-0.05, 0) is 83.1 Å². The van der Waals surface area contributed by atoms with Crippen LogP contribution in [0.3, 0.4) is 0 Å². The number of thiophene rings is 1. The Kier molecular flexibility index (Phi) is 5.83. The van der Waals surface area contributed by atoms with Gasteiger partial charge in [0.1, 0.15) is 22.3 Å². The van der Waals surface area contributed by atoms with Crippen LogP contribution >= 0.6 is 11.3 Å². The molecule has 0 saturated carbocycles. The lowest BCUT2D eigenvalue weighted by Gasteiger charge is -2.25. The summed E-state index contributed by atoms with van der Waals surface area (Å²) in [5.74, 6) is 0. The van der Waals surface area contributed by atoms with Crippen LogP contribution in [0.5, 0.6) is 0 Å². The minimum absolute atomic E-state index is 0.890.